The number of carboxylic acids is 1. The standard InChI is InChI=1S/C17H14N2O4/c20-16(21)10-12-6-8-14(9-7-12)22-11-15-18-17(23-19-15)13-4-2-1-3-5-13/h1-9H,10-11H2,(H,20,21). The van der Waals surface area contributed by atoms with Crippen LogP contribution in [0.5, 0.6) is 5.75 Å². The predicted octanol–water partition coefficient (Wildman–Crippen LogP) is 2.94. The highest BCUT2D eigenvalue weighted by atomic mass is 16.5. The topological polar surface area (TPSA) is 85.5 Å². The molecule has 1 N–H and O–H groups in total. The summed E-state index contributed by atoms with van der Waals surface area (Å²) in [4.78, 5) is 14.9. The van der Waals surface area contributed by atoms with Gasteiger partial charge in [0.1, 0.15) is 5.75 Å². The number of nitrogens with zero attached hydrogens (tertiary/aromatic N) is 2. The summed E-state index contributed by atoms with van der Waals surface area (Å²) >= 11 is 0. The number of aromatic nitrogens is 2. The van der Waals surface area contributed by atoms with Gasteiger partial charge < -0.3 is 14.4 Å². The Bertz CT molecular complexity index is 782. The molecule has 3 aromatic rings. The molecule has 116 valence electrons. The summed E-state index contributed by atoms with van der Waals surface area (Å²) < 4.78 is 10.8. The molecular weight excluding hydrogens is 296 g/mol. The normalized spacial score (nSPS) is 10.4. The third-order valence-electron chi connectivity index (χ3n) is 3.14. The Hall–Kier alpha value is -3.15. The maximum atomic E-state index is 10.6. The molecule has 3 rings (SSSR count). The Balaban J connectivity index is 1.60. The molecule has 0 spiro atoms. The molecule has 6 nitrogen and oxygen atoms in total. The zero-order chi connectivity index (χ0) is 16.1. The molecule has 0 amide bonds. The lowest BCUT2D eigenvalue weighted by Crippen LogP contribution is -2.00. The van der Waals surface area contributed by atoms with Gasteiger partial charge in [0.25, 0.3) is 5.89 Å². The molecule has 1 aromatic heterocycles. The van der Waals surface area contributed by atoms with Crippen LogP contribution in [-0.4, -0.2) is 21.2 Å². The highest BCUT2D eigenvalue weighted by Crippen LogP contribution is 2.18. The number of hydrogen-bond acceptors (Lipinski definition) is 5. The molecule has 0 aliphatic rings. The first kappa shape index (κ1) is 14.8. The van der Waals surface area contributed by atoms with Crippen LogP contribution < -0.4 is 4.74 Å². The van der Waals surface area contributed by atoms with E-state index in [4.69, 9.17) is 14.4 Å². The van der Waals surface area contributed by atoms with Crippen LogP contribution in [0.15, 0.2) is 59.1 Å². The van der Waals surface area contributed by atoms with Gasteiger partial charge >= 0.3 is 5.97 Å². The second-order valence-electron chi connectivity index (χ2n) is 4.88. The van der Waals surface area contributed by atoms with Crippen molar-refractivity contribution >= 4 is 5.97 Å². The van der Waals surface area contributed by atoms with E-state index in [2.05, 4.69) is 10.1 Å². The number of hydrogen-bond donors (Lipinski definition) is 1. The average molecular weight is 310 g/mol. The van der Waals surface area contributed by atoms with Gasteiger partial charge in [0.2, 0.25) is 5.82 Å². The van der Waals surface area contributed by atoms with Crippen molar-refractivity contribution < 1.29 is 19.2 Å². The van der Waals surface area contributed by atoms with Crippen molar-refractivity contribution in [2.24, 2.45) is 0 Å². The monoisotopic (exact) mass is 310 g/mol. The summed E-state index contributed by atoms with van der Waals surface area (Å²) in [6.45, 7) is 0.175. The van der Waals surface area contributed by atoms with Gasteiger partial charge in [-0.25, -0.2) is 0 Å². The van der Waals surface area contributed by atoms with E-state index in [0.29, 0.717) is 17.5 Å². The van der Waals surface area contributed by atoms with E-state index in [1.807, 2.05) is 30.3 Å². The van der Waals surface area contributed by atoms with Crippen LogP contribution in [-0.2, 0) is 17.8 Å². The van der Waals surface area contributed by atoms with Crippen molar-refractivity contribution in [3.8, 4) is 17.2 Å². The van der Waals surface area contributed by atoms with Crippen LogP contribution in [0.3, 0.4) is 0 Å². The molecular formula is C17H14N2O4. The van der Waals surface area contributed by atoms with Crippen molar-refractivity contribution in [1.29, 1.82) is 0 Å². The van der Waals surface area contributed by atoms with Gasteiger partial charge in [0.15, 0.2) is 6.61 Å². The fourth-order valence-corrected chi connectivity index (χ4v) is 2.04. The Morgan fingerprint density at radius 3 is 2.52 bits per heavy atom. The quantitative estimate of drug-likeness (QED) is 0.753. The first-order chi connectivity index (χ1) is 11.2. The van der Waals surface area contributed by atoms with Gasteiger partial charge in [-0.2, -0.15) is 4.98 Å². The zero-order valence-electron chi connectivity index (χ0n) is 12.2. The molecule has 0 atom stereocenters. The number of benzene rings is 2. The fourth-order valence-electron chi connectivity index (χ4n) is 2.04. The van der Waals surface area contributed by atoms with E-state index in [9.17, 15) is 4.79 Å². The van der Waals surface area contributed by atoms with Crippen LogP contribution in [0.25, 0.3) is 11.5 Å². The van der Waals surface area contributed by atoms with Crippen molar-refractivity contribution in [3.63, 3.8) is 0 Å². The number of carboxylic acid groups (broad SMARTS) is 1. The largest absolute Gasteiger partial charge is 0.485 e. The summed E-state index contributed by atoms with van der Waals surface area (Å²) in [5.41, 5.74) is 1.57. The van der Waals surface area contributed by atoms with Gasteiger partial charge in [-0.1, -0.05) is 35.5 Å². The lowest BCUT2D eigenvalue weighted by Gasteiger charge is -2.04. The second-order valence-corrected chi connectivity index (χ2v) is 4.88. The first-order valence-corrected chi connectivity index (χ1v) is 7.02. The van der Waals surface area contributed by atoms with Crippen LogP contribution >= 0.6 is 0 Å². The molecule has 0 aliphatic carbocycles. The third-order valence-corrected chi connectivity index (χ3v) is 3.14. The lowest BCUT2D eigenvalue weighted by molar-refractivity contribution is -0.136. The Morgan fingerprint density at radius 1 is 1.09 bits per heavy atom. The van der Waals surface area contributed by atoms with Gasteiger partial charge in [-0.15, -0.1) is 0 Å². The average Bonchev–Trinajstić information content (AvgIpc) is 3.04. The molecule has 6 heteroatoms. The molecule has 0 fully saturated rings. The summed E-state index contributed by atoms with van der Waals surface area (Å²) in [5, 5.41) is 12.6. The SMILES string of the molecule is O=C(O)Cc1ccc(OCc2noc(-c3ccccc3)n2)cc1. The van der Waals surface area contributed by atoms with Gasteiger partial charge in [-0.05, 0) is 29.8 Å². The Morgan fingerprint density at radius 2 is 1.83 bits per heavy atom. The maximum Gasteiger partial charge on any atom is 0.307 e. The molecule has 0 bridgehead atoms. The Labute approximate surface area is 132 Å². The van der Waals surface area contributed by atoms with Gasteiger partial charge in [0.05, 0.1) is 6.42 Å². The van der Waals surface area contributed by atoms with E-state index >= 15 is 0 Å². The van der Waals surface area contributed by atoms with E-state index in [1.54, 1.807) is 24.3 Å². The third kappa shape index (κ3) is 3.94. The zero-order valence-corrected chi connectivity index (χ0v) is 12.2. The van der Waals surface area contributed by atoms with E-state index in [0.717, 1.165) is 11.1 Å². The van der Waals surface area contributed by atoms with Crippen LogP contribution in [0.2, 0.25) is 0 Å². The smallest absolute Gasteiger partial charge is 0.307 e. The van der Waals surface area contributed by atoms with Crippen molar-refractivity contribution in [2.75, 3.05) is 0 Å². The van der Waals surface area contributed by atoms with Crippen molar-refractivity contribution in [1.82, 2.24) is 10.1 Å². The molecule has 0 saturated carbocycles. The van der Waals surface area contributed by atoms with E-state index in [1.165, 1.54) is 0 Å². The minimum absolute atomic E-state index is 0.00838. The number of rotatable bonds is 6. The summed E-state index contributed by atoms with van der Waals surface area (Å²) in [5.74, 6) is 0.642. The molecule has 0 saturated heterocycles. The maximum absolute atomic E-state index is 10.6. The number of aliphatic carboxylic acids is 1. The van der Waals surface area contributed by atoms with Crippen molar-refractivity contribution in [2.45, 2.75) is 13.0 Å². The van der Waals surface area contributed by atoms with Crippen molar-refractivity contribution in [3.05, 3.63) is 66.0 Å². The van der Waals surface area contributed by atoms with Crippen LogP contribution in [0.1, 0.15) is 11.4 Å². The molecule has 0 radical (unpaired) electrons. The molecule has 0 unspecified atom stereocenters. The molecule has 23 heavy (non-hydrogen) atoms. The van der Waals surface area contributed by atoms with E-state index in [-0.39, 0.29) is 13.0 Å². The molecule has 0 aliphatic heterocycles. The molecule has 1 heterocycles. The second kappa shape index (κ2) is 6.74. The minimum Gasteiger partial charge on any atom is -0.485 e. The summed E-state index contributed by atoms with van der Waals surface area (Å²) in [6, 6.07) is 16.4. The van der Waals surface area contributed by atoms with E-state index < -0.39 is 5.97 Å². The van der Waals surface area contributed by atoms with Gasteiger partial charge in [-0.3, -0.25) is 4.79 Å². The fraction of sp³-hybridized carbons (Fsp3) is 0.118. The predicted molar refractivity (Wildman–Crippen MR) is 81.8 cm³/mol. The number of carbonyl (C=O) groups is 1. The lowest BCUT2D eigenvalue weighted by atomic mass is 10.1. The minimum atomic E-state index is -0.862. The summed E-state index contributed by atoms with van der Waals surface area (Å²) in [6.07, 6.45) is -0.00838. The van der Waals surface area contributed by atoms with Gasteiger partial charge in [0, 0.05) is 5.56 Å². The first-order valence-electron chi connectivity index (χ1n) is 7.02. The highest BCUT2D eigenvalue weighted by Gasteiger charge is 2.09. The Kier molecular flexibility index (Phi) is 4.33. The summed E-state index contributed by atoms with van der Waals surface area (Å²) in [7, 11) is 0. The number of ether oxygens (including phenoxy) is 1. The van der Waals surface area contributed by atoms with Crippen LogP contribution in [0, 0.1) is 0 Å². The molecule has 2 aromatic carbocycles. The highest BCUT2D eigenvalue weighted by molar-refractivity contribution is 5.70. The van der Waals surface area contributed by atoms with Crippen LogP contribution in [0.4, 0.5) is 0 Å².